The van der Waals surface area contributed by atoms with Crippen LogP contribution in [0, 0.1) is 35.0 Å². The molecule has 2 atom stereocenters. The first-order chi connectivity index (χ1) is 21.2. The summed E-state index contributed by atoms with van der Waals surface area (Å²) in [7, 11) is 0. The molecule has 0 aliphatic carbocycles. The van der Waals surface area contributed by atoms with Gasteiger partial charge in [-0.05, 0) is 60.6 Å². The van der Waals surface area contributed by atoms with Crippen molar-refractivity contribution in [1.29, 1.82) is 0 Å². The summed E-state index contributed by atoms with van der Waals surface area (Å²) in [5.41, 5.74) is 0.840. The highest BCUT2D eigenvalue weighted by Crippen LogP contribution is 2.44. The van der Waals surface area contributed by atoms with Crippen LogP contribution in [0.5, 0.6) is 17.2 Å². The van der Waals surface area contributed by atoms with E-state index in [0.717, 1.165) is 43.4 Å². The smallest absolute Gasteiger partial charge is 0.194 e. The van der Waals surface area contributed by atoms with Gasteiger partial charge in [-0.15, -0.1) is 0 Å². The number of hydrogen-bond acceptors (Lipinski definition) is 4. The third kappa shape index (κ3) is 8.78. The third-order valence-corrected chi connectivity index (χ3v) is 6.85. The van der Waals surface area contributed by atoms with Crippen molar-refractivity contribution in [2.75, 3.05) is 19.8 Å². The van der Waals surface area contributed by atoms with Crippen LogP contribution in [0.4, 0.5) is 30.9 Å². The fourth-order valence-electron chi connectivity index (χ4n) is 4.76. The minimum Gasteiger partial charge on any atom is -0.489 e. The summed E-state index contributed by atoms with van der Waals surface area (Å²) in [5, 5.41) is 0. The summed E-state index contributed by atoms with van der Waals surface area (Å²) in [6.07, 6.45) is 7.22. The van der Waals surface area contributed by atoms with Crippen molar-refractivity contribution in [2.24, 2.45) is 5.92 Å². The number of halogens is 7. The molecule has 3 aromatic rings. The Morgan fingerprint density at radius 2 is 1.41 bits per heavy atom. The third-order valence-electron chi connectivity index (χ3n) is 6.85. The van der Waals surface area contributed by atoms with E-state index in [2.05, 4.69) is 25.0 Å². The van der Waals surface area contributed by atoms with Crippen molar-refractivity contribution in [1.82, 2.24) is 0 Å². The fraction of sp³-hybridized carbons (Fsp3) is 0.333. The van der Waals surface area contributed by atoms with E-state index in [1.165, 1.54) is 0 Å². The summed E-state index contributed by atoms with van der Waals surface area (Å²) in [6, 6.07) is 6.64. The fourth-order valence-corrected chi connectivity index (χ4v) is 4.76. The largest absolute Gasteiger partial charge is 0.489 e. The van der Waals surface area contributed by atoms with Gasteiger partial charge >= 0.3 is 0 Å². The molecule has 4 rings (SSSR count). The van der Waals surface area contributed by atoms with Crippen LogP contribution in [0.2, 0.25) is 0 Å². The highest BCUT2D eigenvalue weighted by molar-refractivity contribution is 5.78. The highest BCUT2D eigenvalue weighted by Gasteiger charge is 2.26. The van der Waals surface area contributed by atoms with Gasteiger partial charge in [-0.3, -0.25) is 4.94 Å². The van der Waals surface area contributed by atoms with Crippen molar-refractivity contribution >= 4 is 0 Å². The monoisotopic (exact) mass is 626 g/mol. The molecule has 0 amide bonds. The lowest BCUT2D eigenvalue weighted by molar-refractivity contribution is -0.0196. The molecule has 0 radical (unpaired) electrons. The van der Waals surface area contributed by atoms with E-state index in [0.29, 0.717) is 41.7 Å². The Labute approximate surface area is 251 Å². The van der Waals surface area contributed by atoms with Gasteiger partial charge in [-0.2, -0.15) is 0 Å². The second kappa shape index (κ2) is 16.7. The van der Waals surface area contributed by atoms with Crippen LogP contribution in [0.25, 0.3) is 11.1 Å². The molecule has 238 valence electrons. The van der Waals surface area contributed by atoms with Crippen molar-refractivity contribution in [3.05, 3.63) is 102 Å². The molecule has 1 aliphatic rings. The van der Waals surface area contributed by atoms with Crippen molar-refractivity contribution in [3.8, 4) is 28.4 Å². The predicted molar refractivity (Wildman–Crippen MR) is 152 cm³/mol. The Morgan fingerprint density at radius 1 is 0.841 bits per heavy atom. The van der Waals surface area contributed by atoms with Crippen molar-refractivity contribution in [2.45, 2.75) is 45.4 Å². The van der Waals surface area contributed by atoms with Gasteiger partial charge in [0.2, 0.25) is 0 Å². The van der Waals surface area contributed by atoms with Gasteiger partial charge in [0, 0.05) is 16.7 Å². The van der Waals surface area contributed by atoms with Crippen LogP contribution in [-0.4, -0.2) is 19.8 Å². The summed E-state index contributed by atoms with van der Waals surface area (Å²) in [5.74, 6) is -5.92. The molecule has 1 aliphatic heterocycles. The Balaban J connectivity index is 0.000000404. The molecule has 44 heavy (non-hydrogen) atoms. The topological polar surface area (TPSA) is 36.9 Å². The lowest BCUT2D eigenvalue weighted by atomic mass is 9.90. The minimum atomic E-state index is -1.65. The van der Waals surface area contributed by atoms with E-state index >= 15 is 0 Å². The number of rotatable bonds is 12. The summed E-state index contributed by atoms with van der Waals surface area (Å²) >= 11 is 0. The van der Waals surface area contributed by atoms with Crippen LogP contribution in [-0.2, 0) is 11.4 Å². The first-order valence-electron chi connectivity index (χ1n) is 13.9. The lowest BCUT2D eigenvalue weighted by Crippen LogP contribution is -2.20. The molecular weight excluding hydrogens is 593 g/mol. The average molecular weight is 627 g/mol. The van der Waals surface area contributed by atoms with Gasteiger partial charge in [-0.25, -0.2) is 26.3 Å². The van der Waals surface area contributed by atoms with Gasteiger partial charge in [-0.1, -0.05) is 38.7 Å². The second-order valence-electron chi connectivity index (χ2n) is 9.98. The average Bonchev–Trinajstić information content (AvgIpc) is 3.01. The lowest BCUT2D eigenvalue weighted by Gasteiger charge is -2.30. The van der Waals surface area contributed by atoms with Crippen molar-refractivity contribution < 1.29 is 50.0 Å². The van der Waals surface area contributed by atoms with Gasteiger partial charge in [0.25, 0.3) is 0 Å². The zero-order valence-corrected chi connectivity index (χ0v) is 24.1. The molecule has 0 N–H and O–H groups in total. The van der Waals surface area contributed by atoms with Crippen molar-refractivity contribution in [3.63, 3.8) is 0 Å². The number of alkyl halides is 1. The van der Waals surface area contributed by atoms with Crippen LogP contribution < -0.4 is 14.4 Å². The van der Waals surface area contributed by atoms with E-state index in [1.807, 2.05) is 12.1 Å². The van der Waals surface area contributed by atoms with Gasteiger partial charge < -0.3 is 14.2 Å². The SMILES string of the molecule is C=CCOc1cc(C2CC[C@@H](CCC)CO2)cc(OCC=C)c1-c1cc(F)c(CF)c(F)c1.FOc1cc(F)c(F)c(F)c1. The zero-order valence-electron chi connectivity index (χ0n) is 24.1. The molecule has 0 aromatic heterocycles. The Morgan fingerprint density at radius 3 is 1.84 bits per heavy atom. The number of hydrogen-bond donors (Lipinski definition) is 0. The molecule has 1 fully saturated rings. The van der Waals surface area contributed by atoms with E-state index in [-0.39, 0.29) is 24.9 Å². The molecule has 1 unspecified atom stereocenters. The summed E-state index contributed by atoms with van der Waals surface area (Å²) in [4.78, 5) is 2.98. The van der Waals surface area contributed by atoms with E-state index in [4.69, 9.17) is 14.2 Å². The quantitative estimate of drug-likeness (QED) is 0.114. The Kier molecular flexibility index (Phi) is 13.1. The van der Waals surface area contributed by atoms with Crippen LogP contribution in [0.1, 0.15) is 49.8 Å². The first kappa shape index (κ1) is 34.5. The Hall–Kier alpha value is -3.99. The van der Waals surface area contributed by atoms with E-state index < -0.39 is 47.1 Å². The molecule has 1 heterocycles. The molecule has 0 spiro atoms. The summed E-state index contributed by atoms with van der Waals surface area (Å²) < 4.78 is 108. The number of ether oxygens (including phenoxy) is 3. The maximum absolute atomic E-state index is 14.4. The number of benzene rings is 3. The van der Waals surface area contributed by atoms with Crippen LogP contribution >= 0.6 is 0 Å². The van der Waals surface area contributed by atoms with Crippen LogP contribution in [0.3, 0.4) is 0 Å². The molecule has 3 aromatic carbocycles. The molecular formula is C33H33F7O4. The molecule has 0 bridgehead atoms. The van der Waals surface area contributed by atoms with E-state index in [1.54, 1.807) is 12.2 Å². The highest BCUT2D eigenvalue weighted by atomic mass is 19.3. The standard InChI is InChI=1S/C27H31F3O3.C6H2F4O/c1-4-7-18-8-9-24(33-17-18)19-14-25(31-10-5-2)27(26(15-19)32-11-6-3)20-12-22(29)21(16-28)23(30)13-20;7-4-1-3(11-10)2-5(8)6(4)9/h5-6,12-15,18,24H,2-4,7-11,16-17H2,1H3;1-2H/t18-,24?;/m1./s1. The predicted octanol–water partition coefficient (Wildman–Crippen LogP) is 9.87. The first-order valence-corrected chi connectivity index (χ1v) is 13.9. The van der Waals surface area contributed by atoms with E-state index in [9.17, 15) is 30.9 Å². The normalized spacial score (nSPS) is 16.0. The molecule has 11 heteroatoms. The maximum atomic E-state index is 14.4. The molecule has 0 saturated carbocycles. The van der Waals surface area contributed by atoms with Gasteiger partial charge in [0.15, 0.2) is 23.2 Å². The zero-order chi connectivity index (χ0) is 32.2. The second-order valence-corrected chi connectivity index (χ2v) is 9.98. The Bertz CT molecular complexity index is 1340. The minimum absolute atomic E-state index is 0.133. The van der Waals surface area contributed by atoms with Gasteiger partial charge in [0.05, 0.1) is 23.8 Å². The van der Waals surface area contributed by atoms with Gasteiger partial charge in [0.1, 0.15) is 43.0 Å². The maximum Gasteiger partial charge on any atom is 0.194 e. The summed E-state index contributed by atoms with van der Waals surface area (Å²) in [6.45, 7) is 9.38. The molecule has 1 saturated heterocycles. The molecule has 4 nitrogen and oxygen atoms in total. The van der Waals surface area contributed by atoms with Crippen LogP contribution in [0.15, 0.2) is 61.7 Å².